The SMILES string of the molecule is Nc1ccc2nc(NC3COc4ccccc43)sc2c1. The van der Waals surface area contributed by atoms with Gasteiger partial charge in [0, 0.05) is 11.3 Å². The van der Waals surface area contributed by atoms with Gasteiger partial charge in [0.2, 0.25) is 0 Å². The predicted molar refractivity (Wildman–Crippen MR) is 82.3 cm³/mol. The molecule has 3 N–H and O–H groups in total. The minimum atomic E-state index is 0.157. The van der Waals surface area contributed by atoms with Crippen LogP contribution in [-0.4, -0.2) is 11.6 Å². The second kappa shape index (κ2) is 4.38. The summed E-state index contributed by atoms with van der Waals surface area (Å²) in [6, 6.07) is 14.0. The van der Waals surface area contributed by atoms with Gasteiger partial charge in [-0.1, -0.05) is 29.5 Å². The molecule has 0 bridgehead atoms. The number of nitrogens with zero attached hydrogens (tertiary/aromatic N) is 1. The Morgan fingerprint density at radius 2 is 2.15 bits per heavy atom. The second-order valence-corrected chi connectivity index (χ2v) is 5.82. The molecule has 1 aromatic heterocycles. The highest BCUT2D eigenvalue weighted by molar-refractivity contribution is 7.22. The molecule has 4 nitrogen and oxygen atoms in total. The summed E-state index contributed by atoms with van der Waals surface area (Å²) in [5.74, 6) is 0.954. The molecule has 0 spiro atoms. The Kier molecular flexibility index (Phi) is 2.53. The molecule has 0 aliphatic carbocycles. The predicted octanol–water partition coefficient (Wildman–Crippen LogP) is 3.42. The van der Waals surface area contributed by atoms with Crippen molar-refractivity contribution in [3.8, 4) is 5.75 Å². The van der Waals surface area contributed by atoms with Gasteiger partial charge >= 0.3 is 0 Å². The lowest BCUT2D eigenvalue weighted by atomic mass is 10.1. The molecule has 100 valence electrons. The van der Waals surface area contributed by atoms with Crippen molar-refractivity contribution in [3.05, 3.63) is 48.0 Å². The molecule has 0 amide bonds. The van der Waals surface area contributed by atoms with E-state index in [2.05, 4.69) is 16.4 Å². The van der Waals surface area contributed by atoms with Gasteiger partial charge in [0.1, 0.15) is 12.4 Å². The summed E-state index contributed by atoms with van der Waals surface area (Å²) in [7, 11) is 0. The Bertz CT molecular complexity index is 784. The highest BCUT2D eigenvalue weighted by Gasteiger charge is 2.24. The number of nitrogens with one attached hydrogen (secondary N) is 1. The maximum Gasteiger partial charge on any atom is 0.184 e. The Morgan fingerprint density at radius 3 is 3.10 bits per heavy atom. The van der Waals surface area contributed by atoms with Crippen LogP contribution in [0.15, 0.2) is 42.5 Å². The lowest BCUT2D eigenvalue weighted by molar-refractivity contribution is 0.340. The van der Waals surface area contributed by atoms with Gasteiger partial charge in [0.25, 0.3) is 0 Å². The van der Waals surface area contributed by atoms with Crippen LogP contribution in [0.1, 0.15) is 11.6 Å². The van der Waals surface area contributed by atoms with Crippen molar-refractivity contribution in [1.29, 1.82) is 0 Å². The van der Waals surface area contributed by atoms with E-state index in [0.29, 0.717) is 6.61 Å². The lowest BCUT2D eigenvalue weighted by Crippen LogP contribution is -2.11. The molecular formula is C15H13N3OS. The minimum Gasteiger partial charge on any atom is -0.491 e. The first-order valence-electron chi connectivity index (χ1n) is 6.44. The van der Waals surface area contributed by atoms with E-state index < -0.39 is 0 Å². The standard InChI is InChI=1S/C15H13N3OS/c16-9-5-6-11-14(7-9)20-15(17-11)18-12-8-19-13-4-2-1-3-10(12)13/h1-7,12H,8,16H2,(H,17,18). The summed E-state index contributed by atoms with van der Waals surface area (Å²) in [4.78, 5) is 4.59. The highest BCUT2D eigenvalue weighted by Crippen LogP contribution is 2.36. The van der Waals surface area contributed by atoms with E-state index in [1.807, 2.05) is 36.4 Å². The average Bonchev–Trinajstić information content (AvgIpc) is 3.03. The van der Waals surface area contributed by atoms with Crippen LogP contribution >= 0.6 is 11.3 Å². The van der Waals surface area contributed by atoms with Gasteiger partial charge in [-0.05, 0) is 24.3 Å². The number of ether oxygens (including phenoxy) is 1. The van der Waals surface area contributed by atoms with Crippen molar-refractivity contribution in [2.45, 2.75) is 6.04 Å². The van der Waals surface area contributed by atoms with Crippen molar-refractivity contribution in [2.75, 3.05) is 17.7 Å². The summed E-state index contributed by atoms with van der Waals surface area (Å²) in [5.41, 5.74) is 8.72. The number of thiazole rings is 1. The molecule has 0 fully saturated rings. The molecule has 2 aromatic carbocycles. The highest BCUT2D eigenvalue weighted by atomic mass is 32.1. The fraction of sp³-hybridized carbons (Fsp3) is 0.133. The Morgan fingerprint density at radius 1 is 1.25 bits per heavy atom. The molecule has 1 atom stereocenters. The molecular weight excluding hydrogens is 270 g/mol. The fourth-order valence-corrected chi connectivity index (χ4v) is 3.40. The van der Waals surface area contributed by atoms with Gasteiger partial charge < -0.3 is 15.8 Å². The number of rotatable bonds is 2. The van der Waals surface area contributed by atoms with Crippen LogP contribution in [0.3, 0.4) is 0 Å². The fourth-order valence-electron chi connectivity index (χ4n) is 2.43. The number of benzene rings is 2. The largest absolute Gasteiger partial charge is 0.491 e. The number of nitrogens with two attached hydrogens (primary N) is 1. The number of fused-ring (bicyclic) bond motifs is 2. The summed E-state index contributed by atoms with van der Waals surface area (Å²) < 4.78 is 6.77. The summed E-state index contributed by atoms with van der Waals surface area (Å²) >= 11 is 1.62. The molecule has 1 aliphatic heterocycles. The third kappa shape index (κ3) is 1.87. The Balaban J connectivity index is 1.65. The first-order chi connectivity index (χ1) is 9.79. The van der Waals surface area contributed by atoms with Gasteiger partial charge in [-0.3, -0.25) is 0 Å². The molecule has 1 unspecified atom stereocenters. The molecule has 4 rings (SSSR count). The lowest BCUT2D eigenvalue weighted by Gasteiger charge is -2.09. The summed E-state index contributed by atoms with van der Waals surface area (Å²) in [5, 5.41) is 4.35. The quantitative estimate of drug-likeness (QED) is 0.707. The van der Waals surface area contributed by atoms with E-state index in [-0.39, 0.29) is 6.04 Å². The zero-order valence-corrected chi connectivity index (χ0v) is 11.5. The van der Waals surface area contributed by atoms with E-state index in [0.717, 1.165) is 26.8 Å². The van der Waals surface area contributed by atoms with Crippen molar-refractivity contribution < 1.29 is 4.74 Å². The number of aromatic nitrogens is 1. The van der Waals surface area contributed by atoms with E-state index in [4.69, 9.17) is 10.5 Å². The van der Waals surface area contributed by atoms with Gasteiger partial charge in [-0.15, -0.1) is 0 Å². The van der Waals surface area contributed by atoms with Crippen molar-refractivity contribution in [1.82, 2.24) is 4.98 Å². The van der Waals surface area contributed by atoms with Crippen LogP contribution in [0, 0.1) is 0 Å². The van der Waals surface area contributed by atoms with Gasteiger partial charge in [-0.2, -0.15) is 0 Å². The molecule has 5 heteroatoms. The number of para-hydroxylation sites is 1. The number of hydrogen-bond donors (Lipinski definition) is 2. The van der Waals surface area contributed by atoms with Crippen molar-refractivity contribution in [2.24, 2.45) is 0 Å². The number of hydrogen-bond acceptors (Lipinski definition) is 5. The van der Waals surface area contributed by atoms with Gasteiger partial charge in [0.15, 0.2) is 5.13 Å². The second-order valence-electron chi connectivity index (χ2n) is 4.79. The van der Waals surface area contributed by atoms with Gasteiger partial charge in [-0.25, -0.2) is 4.98 Å². The first kappa shape index (κ1) is 11.5. The van der Waals surface area contributed by atoms with Gasteiger partial charge in [0.05, 0.1) is 16.3 Å². The van der Waals surface area contributed by atoms with Crippen molar-refractivity contribution in [3.63, 3.8) is 0 Å². The monoisotopic (exact) mass is 283 g/mol. The smallest absolute Gasteiger partial charge is 0.184 e. The molecule has 0 saturated carbocycles. The van der Waals surface area contributed by atoms with Crippen LogP contribution in [0.25, 0.3) is 10.2 Å². The summed E-state index contributed by atoms with van der Waals surface area (Å²) in [6.07, 6.45) is 0. The first-order valence-corrected chi connectivity index (χ1v) is 7.25. The normalized spacial score (nSPS) is 16.9. The van der Waals surface area contributed by atoms with Crippen LogP contribution in [0.2, 0.25) is 0 Å². The van der Waals surface area contributed by atoms with Crippen LogP contribution in [-0.2, 0) is 0 Å². The molecule has 1 aliphatic rings. The molecule has 20 heavy (non-hydrogen) atoms. The van der Waals surface area contributed by atoms with E-state index in [1.54, 1.807) is 11.3 Å². The maximum absolute atomic E-state index is 5.80. The Hall–Kier alpha value is -2.27. The summed E-state index contributed by atoms with van der Waals surface area (Å²) in [6.45, 7) is 0.636. The van der Waals surface area contributed by atoms with Crippen LogP contribution < -0.4 is 15.8 Å². The number of anilines is 2. The number of nitrogen functional groups attached to an aromatic ring is 1. The van der Waals surface area contributed by atoms with Crippen LogP contribution in [0.4, 0.5) is 10.8 Å². The van der Waals surface area contributed by atoms with Crippen molar-refractivity contribution >= 4 is 32.4 Å². The zero-order chi connectivity index (χ0) is 13.5. The minimum absolute atomic E-state index is 0.157. The Labute approximate surface area is 120 Å². The van der Waals surface area contributed by atoms with Crippen LogP contribution in [0.5, 0.6) is 5.75 Å². The average molecular weight is 283 g/mol. The molecule has 3 aromatic rings. The zero-order valence-electron chi connectivity index (χ0n) is 10.7. The topological polar surface area (TPSA) is 60.2 Å². The molecule has 0 radical (unpaired) electrons. The van der Waals surface area contributed by atoms with E-state index in [1.165, 1.54) is 5.56 Å². The molecule has 0 saturated heterocycles. The third-order valence-electron chi connectivity index (χ3n) is 3.41. The van der Waals surface area contributed by atoms with E-state index in [9.17, 15) is 0 Å². The third-order valence-corrected chi connectivity index (χ3v) is 4.36. The van der Waals surface area contributed by atoms with E-state index >= 15 is 0 Å². The maximum atomic E-state index is 5.80. The molecule has 2 heterocycles.